The van der Waals surface area contributed by atoms with Gasteiger partial charge in [0.15, 0.2) is 0 Å². The highest BCUT2D eigenvalue weighted by Gasteiger charge is 2.13. The molecular weight excluding hydrogens is 192 g/mol. The molecule has 0 saturated carbocycles. The molecule has 2 aromatic rings. The number of aliphatic hydroxyl groups excluding tert-OH is 1. The third-order valence-corrected chi connectivity index (χ3v) is 2.12. The molecule has 1 N–H and O–H groups in total. The summed E-state index contributed by atoms with van der Waals surface area (Å²) >= 11 is 0. The predicted molar refractivity (Wildman–Crippen MR) is 54.0 cm³/mol. The van der Waals surface area contributed by atoms with Crippen LogP contribution in [-0.2, 0) is 7.05 Å². The molecule has 0 fully saturated rings. The van der Waals surface area contributed by atoms with Crippen molar-refractivity contribution < 1.29 is 5.11 Å². The molecule has 0 aliphatic heterocycles. The molecule has 15 heavy (non-hydrogen) atoms. The van der Waals surface area contributed by atoms with Gasteiger partial charge in [0.05, 0.1) is 23.8 Å². The fourth-order valence-corrected chi connectivity index (χ4v) is 1.30. The van der Waals surface area contributed by atoms with Crippen LogP contribution in [0.1, 0.15) is 23.1 Å². The lowest BCUT2D eigenvalue weighted by Gasteiger charge is -2.06. The van der Waals surface area contributed by atoms with Crippen LogP contribution in [0.4, 0.5) is 0 Å². The highest BCUT2D eigenvalue weighted by atomic mass is 16.3. The van der Waals surface area contributed by atoms with Crippen molar-refractivity contribution >= 4 is 0 Å². The van der Waals surface area contributed by atoms with Crippen LogP contribution in [0.5, 0.6) is 0 Å². The molecule has 0 saturated heterocycles. The quantitative estimate of drug-likeness (QED) is 0.778. The van der Waals surface area contributed by atoms with Gasteiger partial charge in [0.2, 0.25) is 0 Å². The molecule has 2 heterocycles. The number of aryl methyl sites for hydroxylation is 2. The average molecular weight is 204 g/mol. The highest BCUT2D eigenvalue weighted by Crippen LogP contribution is 2.18. The molecule has 78 valence electrons. The van der Waals surface area contributed by atoms with E-state index in [-0.39, 0.29) is 0 Å². The number of hydrogen-bond acceptors (Lipinski definition) is 4. The van der Waals surface area contributed by atoms with Crippen LogP contribution in [0.2, 0.25) is 0 Å². The Kier molecular flexibility index (Phi) is 2.47. The Morgan fingerprint density at radius 3 is 2.60 bits per heavy atom. The lowest BCUT2D eigenvalue weighted by Crippen LogP contribution is -2.02. The third kappa shape index (κ3) is 2.02. The van der Waals surface area contributed by atoms with Crippen molar-refractivity contribution in [1.82, 2.24) is 19.7 Å². The average Bonchev–Trinajstić information content (AvgIpc) is 2.65. The minimum absolute atomic E-state index is 0.536. The van der Waals surface area contributed by atoms with Crippen molar-refractivity contribution in [1.29, 1.82) is 0 Å². The second-order valence-corrected chi connectivity index (χ2v) is 3.43. The molecule has 0 aromatic carbocycles. The van der Waals surface area contributed by atoms with Crippen molar-refractivity contribution in [3.05, 3.63) is 41.7 Å². The molecular formula is C10H12N4O. The predicted octanol–water partition coefficient (Wildman–Crippen LogP) is 0.600. The summed E-state index contributed by atoms with van der Waals surface area (Å²) in [5.41, 5.74) is 2.08. The van der Waals surface area contributed by atoms with Crippen molar-refractivity contribution in [2.45, 2.75) is 13.0 Å². The smallest absolute Gasteiger partial charge is 0.126 e. The van der Waals surface area contributed by atoms with Crippen LogP contribution in [0.25, 0.3) is 0 Å². The summed E-state index contributed by atoms with van der Waals surface area (Å²) < 4.78 is 1.64. The van der Waals surface area contributed by atoms with Gasteiger partial charge in [-0.25, -0.2) is 0 Å². The molecule has 2 aromatic heterocycles. The van der Waals surface area contributed by atoms with Gasteiger partial charge >= 0.3 is 0 Å². The maximum absolute atomic E-state index is 9.94. The SMILES string of the molecule is Cc1cnc(C(O)c2cnn(C)c2)cn1. The number of aliphatic hydroxyl groups is 1. The van der Waals surface area contributed by atoms with Gasteiger partial charge in [-0.3, -0.25) is 14.6 Å². The number of nitrogens with zero attached hydrogens (tertiary/aromatic N) is 4. The summed E-state index contributed by atoms with van der Waals surface area (Å²) in [6.45, 7) is 1.85. The Bertz CT molecular complexity index is 449. The minimum Gasteiger partial charge on any atom is -0.382 e. The molecule has 2 rings (SSSR count). The van der Waals surface area contributed by atoms with Gasteiger partial charge in [-0.1, -0.05) is 0 Å². The Morgan fingerprint density at radius 2 is 2.07 bits per heavy atom. The van der Waals surface area contributed by atoms with Gasteiger partial charge in [-0.05, 0) is 6.92 Å². The van der Waals surface area contributed by atoms with E-state index in [0.29, 0.717) is 5.69 Å². The number of hydrogen-bond donors (Lipinski definition) is 1. The Morgan fingerprint density at radius 1 is 1.27 bits per heavy atom. The summed E-state index contributed by atoms with van der Waals surface area (Å²) in [4.78, 5) is 8.20. The highest BCUT2D eigenvalue weighted by molar-refractivity contribution is 5.19. The lowest BCUT2D eigenvalue weighted by molar-refractivity contribution is 0.214. The summed E-state index contributed by atoms with van der Waals surface area (Å²) in [6.07, 6.45) is 5.83. The molecule has 1 unspecified atom stereocenters. The minimum atomic E-state index is -0.758. The van der Waals surface area contributed by atoms with E-state index in [4.69, 9.17) is 0 Å². The van der Waals surface area contributed by atoms with Crippen molar-refractivity contribution in [2.24, 2.45) is 7.05 Å². The standard InChI is InChI=1S/C10H12N4O/c1-7-3-12-9(5-11-7)10(15)8-4-13-14(2)6-8/h3-6,10,15H,1-2H3. The van der Waals surface area contributed by atoms with E-state index in [1.807, 2.05) is 6.92 Å². The van der Waals surface area contributed by atoms with E-state index < -0.39 is 6.10 Å². The normalized spacial score (nSPS) is 12.7. The molecule has 0 bridgehead atoms. The topological polar surface area (TPSA) is 63.8 Å². The Labute approximate surface area is 87.4 Å². The molecule has 0 aliphatic rings. The largest absolute Gasteiger partial charge is 0.382 e. The van der Waals surface area contributed by atoms with Crippen LogP contribution in [-0.4, -0.2) is 24.9 Å². The van der Waals surface area contributed by atoms with Gasteiger partial charge in [0.1, 0.15) is 6.10 Å². The maximum Gasteiger partial charge on any atom is 0.126 e. The molecule has 0 aliphatic carbocycles. The Balaban J connectivity index is 2.28. The fraction of sp³-hybridized carbons (Fsp3) is 0.300. The lowest BCUT2D eigenvalue weighted by atomic mass is 10.1. The van der Waals surface area contributed by atoms with Gasteiger partial charge < -0.3 is 5.11 Å². The summed E-state index contributed by atoms with van der Waals surface area (Å²) in [5.74, 6) is 0. The molecule has 0 amide bonds. The fourth-order valence-electron chi connectivity index (χ4n) is 1.30. The van der Waals surface area contributed by atoms with Gasteiger partial charge in [0, 0.05) is 25.0 Å². The van der Waals surface area contributed by atoms with E-state index in [1.54, 1.807) is 36.5 Å². The van der Waals surface area contributed by atoms with Gasteiger partial charge in [0.25, 0.3) is 0 Å². The van der Waals surface area contributed by atoms with Crippen LogP contribution in [0.3, 0.4) is 0 Å². The van der Waals surface area contributed by atoms with Gasteiger partial charge in [-0.15, -0.1) is 0 Å². The molecule has 1 atom stereocenters. The van der Waals surface area contributed by atoms with Crippen LogP contribution in [0.15, 0.2) is 24.8 Å². The second kappa shape index (κ2) is 3.78. The van der Waals surface area contributed by atoms with Crippen molar-refractivity contribution in [3.8, 4) is 0 Å². The zero-order chi connectivity index (χ0) is 10.8. The second-order valence-electron chi connectivity index (χ2n) is 3.43. The first-order valence-electron chi connectivity index (χ1n) is 4.62. The first-order valence-corrected chi connectivity index (χ1v) is 4.62. The molecule has 0 radical (unpaired) electrons. The summed E-state index contributed by atoms with van der Waals surface area (Å²) in [5, 5.41) is 13.9. The van der Waals surface area contributed by atoms with Crippen molar-refractivity contribution in [2.75, 3.05) is 0 Å². The zero-order valence-corrected chi connectivity index (χ0v) is 8.62. The van der Waals surface area contributed by atoms with E-state index in [0.717, 1.165) is 11.3 Å². The first-order chi connectivity index (χ1) is 7.16. The summed E-state index contributed by atoms with van der Waals surface area (Å²) in [6, 6.07) is 0. The van der Waals surface area contributed by atoms with E-state index >= 15 is 0 Å². The van der Waals surface area contributed by atoms with Gasteiger partial charge in [-0.2, -0.15) is 5.10 Å². The first kappa shape index (κ1) is 9.79. The third-order valence-electron chi connectivity index (χ3n) is 2.12. The van der Waals surface area contributed by atoms with E-state index in [1.165, 1.54) is 0 Å². The van der Waals surface area contributed by atoms with Crippen molar-refractivity contribution in [3.63, 3.8) is 0 Å². The zero-order valence-electron chi connectivity index (χ0n) is 8.62. The number of rotatable bonds is 2. The molecule has 5 nitrogen and oxygen atoms in total. The summed E-state index contributed by atoms with van der Waals surface area (Å²) in [7, 11) is 1.80. The van der Waals surface area contributed by atoms with E-state index in [9.17, 15) is 5.11 Å². The van der Waals surface area contributed by atoms with Crippen LogP contribution in [0, 0.1) is 6.92 Å². The maximum atomic E-state index is 9.94. The van der Waals surface area contributed by atoms with Crippen LogP contribution >= 0.6 is 0 Å². The van der Waals surface area contributed by atoms with E-state index in [2.05, 4.69) is 15.1 Å². The van der Waals surface area contributed by atoms with Crippen LogP contribution < -0.4 is 0 Å². The number of aromatic nitrogens is 4. The molecule has 0 spiro atoms. The Hall–Kier alpha value is -1.75. The molecule has 5 heteroatoms. The monoisotopic (exact) mass is 204 g/mol.